The van der Waals surface area contributed by atoms with E-state index in [4.69, 9.17) is 10.00 Å². The summed E-state index contributed by atoms with van der Waals surface area (Å²) in [7, 11) is 0. The second-order valence-corrected chi connectivity index (χ2v) is 4.42. The number of morpholine rings is 1. The third-order valence-corrected chi connectivity index (χ3v) is 2.61. The molecule has 2 unspecified atom stereocenters. The van der Waals surface area contributed by atoms with Crippen LogP contribution in [0.4, 0.5) is 0 Å². The van der Waals surface area contributed by atoms with Gasteiger partial charge in [0.25, 0.3) is 0 Å². The average molecular weight is 211 g/mol. The molecule has 1 heterocycles. The van der Waals surface area contributed by atoms with Gasteiger partial charge in [-0.2, -0.15) is 5.26 Å². The zero-order valence-corrected chi connectivity index (χ0v) is 9.86. The number of hydrogen-bond donors (Lipinski definition) is 1. The smallest absolute Gasteiger partial charge is 0.108 e. The van der Waals surface area contributed by atoms with Gasteiger partial charge in [0.05, 0.1) is 19.3 Å². The quantitative estimate of drug-likeness (QED) is 0.739. The van der Waals surface area contributed by atoms with E-state index in [-0.39, 0.29) is 6.04 Å². The van der Waals surface area contributed by atoms with Crippen LogP contribution in [0.15, 0.2) is 0 Å². The van der Waals surface area contributed by atoms with Crippen molar-refractivity contribution in [3.63, 3.8) is 0 Å². The summed E-state index contributed by atoms with van der Waals surface area (Å²) < 4.78 is 5.36. The van der Waals surface area contributed by atoms with Crippen LogP contribution in [-0.2, 0) is 4.74 Å². The topological polar surface area (TPSA) is 48.3 Å². The van der Waals surface area contributed by atoms with Gasteiger partial charge in [0.1, 0.15) is 6.04 Å². The van der Waals surface area contributed by atoms with Crippen LogP contribution in [0, 0.1) is 11.3 Å². The van der Waals surface area contributed by atoms with Crippen molar-refractivity contribution in [3.8, 4) is 6.07 Å². The van der Waals surface area contributed by atoms with Crippen molar-refractivity contribution < 1.29 is 4.74 Å². The summed E-state index contributed by atoms with van der Waals surface area (Å²) in [6, 6.07) is 3.00. The van der Waals surface area contributed by atoms with Crippen LogP contribution in [0.3, 0.4) is 0 Å². The molecule has 0 bridgehead atoms. The van der Waals surface area contributed by atoms with Crippen molar-refractivity contribution in [2.24, 2.45) is 0 Å². The maximum Gasteiger partial charge on any atom is 0.108 e. The largest absolute Gasteiger partial charge is 0.379 e. The summed E-state index contributed by atoms with van der Waals surface area (Å²) in [5, 5.41) is 12.3. The zero-order valence-electron chi connectivity index (χ0n) is 9.86. The highest BCUT2D eigenvalue weighted by molar-refractivity contribution is 4.94. The number of nitrogens with one attached hydrogen (secondary N) is 1. The molecular formula is C11H21N3O. The van der Waals surface area contributed by atoms with Gasteiger partial charge in [-0.05, 0) is 20.8 Å². The van der Waals surface area contributed by atoms with Crippen molar-refractivity contribution in [2.45, 2.75) is 38.9 Å². The fourth-order valence-electron chi connectivity index (χ4n) is 1.80. The first-order chi connectivity index (χ1) is 7.13. The lowest BCUT2D eigenvalue weighted by molar-refractivity contribution is -0.00234. The SMILES string of the molecule is CC(C)NC(C#N)CN1CCOCC1C. The van der Waals surface area contributed by atoms with Crippen molar-refractivity contribution in [2.75, 3.05) is 26.3 Å². The van der Waals surface area contributed by atoms with E-state index in [1.807, 2.05) is 0 Å². The van der Waals surface area contributed by atoms with Gasteiger partial charge in [-0.25, -0.2) is 0 Å². The lowest BCUT2D eigenvalue weighted by atomic mass is 10.2. The molecule has 1 N–H and O–H groups in total. The molecule has 0 spiro atoms. The number of rotatable bonds is 4. The third kappa shape index (κ3) is 4.17. The summed E-state index contributed by atoms with van der Waals surface area (Å²) in [6.45, 7) is 9.55. The molecule has 86 valence electrons. The Balaban J connectivity index is 2.40. The van der Waals surface area contributed by atoms with Crippen molar-refractivity contribution >= 4 is 0 Å². The maximum atomic E-state index is 9.02. The first kappa shape index (κ1) is 12.4. The van der Waals surface area contributed by atoms with Crippen molar-refractivity contribution in [1.82, 2.24) is 10.2 Å². The highest BCUT2D eigenvalue weighted by Crippen LogP contribution is 2.06. The first-order valence-electron chi connectivity index (χ1n) is 5.61. The van der Waals surface area contributed by atoms with Crippen molar-refractivity contribution in [3.05, 3.63) is 0 Å². The molecule has 15 heavy (non-hydrogen) atoms. The molecule has 1 rings (SSSR count). The molecule has 0 saturated carbocycles. The van der Waals surface area contributed by atoms with E-state index in [1.54, 1.807) is 0 Å². The Morgan fingerprint density at radius 3 is 2.87 bits per heavy atom. The predicted molar refractivity (Wildman–Crippen MR) is 59.5 cm³/mol. The molecule has 0 aromatic carbocycles. The molecule has 4 nitrogen and oxygen atoms in total. The Morgan fingerprint density at radius 1 is 1.60 bits per heavy atom. The molecule has 2 atom stereocenters. The van der Waals surface area contributed by atoms with Gasteiger partial charge in [-0.3, -0.25) is 10.2 Å². The Bertz CT molecular complexity index is 224. The van der Waals surface area contributed by atoms with Gasteiger partial charge in [-0.15, -0.1) is 0 Å². The van der Waals surface area contributed by atoms with Crippen LogP contribution >= 0.6 is 0 Å². The normalized spacial score (nSPS) is 25.1. The number of nitrogens with zero attached hydrogens (tertiary/aromatic N) is 2. The molecule has 0 aliphatic carbocycles. The summed E-state index contributed by atoms with van der Waals surface area (Å²) in [5.74, 6) is 0. The van der Waals surface area contributed by atoms with Crippen LogP contribution in [0.2, 0.25) is 0 Å². The molecule has 1 saturated heterocycles. The highest BCUT2D eigenvalue weighted by atomic mass is 16.5. The van der Waals surface area contributed by atoms with Gasteiger partial charge in [0.15, 0.2) is 0 Å². The van der Waals surface area contributed by atoms with E-state index >= 15 is 0 Å². The minimum absolute atomic E-state index is 0.0782. The maximum absolute atomic E-state index is 9.02. The fourth-order valence-corrected chi connectivity index (χ4v) is 1.80. The van der Waals surface area contributed by atoms with Crippen LogP contribution in [0.25, 0.3) is 0 Å². The Kier molecular flexibility index (Phi) is 5.03. The second-order valence-electron chi connectivity index (χ2n) is 4.42. The number of hydrogen-bond acceptors (Lipinski definition) is 4. The second kappa shape index (κ2) is 6.06. The van der Waals surface area contributed by atoms with Crippen LogP contribution in [0.5, 0.6) is 0 Å². The van der Waals surface area contributed by atoms with Gasteiger partial charge in [-0.1, -0.05) is 0 Å². The number of nitriles is 1. The van der Waals surface area contributed by atoms with E-state index in [0.717, 1.165) is 26.3 Å². The van der Waals surface area contributed by atoms with Crippen LogP contribution in [-0.4, -0.2) is 49.3 Å². The molecule has 1 aliphatic heterocycles. The molecule has 1 aliphatic rings. The zero-order chi connectivity index (χ0) is 11.3. The van der Waals surface area contributed by atoms with E-state index in [9.17, 15) is 0 Å². The minimum atomic E-state index is -0.0782. The molecule has 0 radical (unpaired) electrons. The molecule has 0 aromatic rings. The Labute approximate surface area is 92.2 Å². The number of ether oxygens (including phenoxy) is 1. The lowest BCUT2D eigenvalue weighted by Crippen LogP contribution is -2.50. The fraction of sp³-hybridized carbons (Fsp3) is 0.909. The summed E-state index contributed by atoms with van der Waals surface area (Å²) in [6.07, 6.45) is 0. The van der Waals surface area contributed by atoms with E-state index in [2.05, 4.69) is 37.1 Å². The molecular weight excluding hydrogens is 190 g/mol. The molecule has 0 amide bonds. The van der Waals surface area contributed by atoms with Gasteiger partial charge in [0.2, 0.25) is 0 Å². The van der Waals surface area contributed by atoms with Gasteiger partial charge >= 0.3 is 0 Å². The summed E-state index contributed by atoms with van der Waals surface area (Å²) in [5.41, 5.74) is 0. The summed E-state index contributed by atoms with van der Waals surface area (Å²) >= 11 is 0. The van der Waals surface area contributed by atoms with Crippen molar-refractivity contribution in [1.29, 1.82) is 5.26 Å². The third-order valence-electron chi connectivity index (χ3n) is 2.61. The lowest BCUT2D eigenvalue weighted by Gasteiger charge is -2.34. The Hall–Kier alpha value is -0.630. The van der Waals surface area contributed by atoms with E-state index in [1.165, 1.54) is 0 Å². The Morgan fingerprint density at radius 2 is 2.33 bits per heavy atom. The monoisotopic (exact) mass is 211 g/mol. The summed E-state index contributed by atoms with van der Waals surface area (Å²) in [4.78, 5) is 2.31. The van der Waals surface area contributed by atoms with Gasteiger partial charge < -0.3 is 4.74 Å². The molecule has 0 aromatic heterocycles. The van der Waals surface area contributed by atoms with Crippen LogP contribution in [0.1, 0.15) is 20.8 Å². The molecule has 4 heteroatoms. The highest BCUT2D eigenvalue weighted by Gasteiger charge is 2.22. The first-order valence-corrected chi connectivity index (χ1v) is 5.61. The predicted octanol–water partition coefficient (Wildman–Crippen LogP) is 0.597. The van der Waals surface area contributed by atoms with Gasteiger partial charge in [0, 0.05) is 25.2 Å². The molecule has 1 fully saturated rings. The van der Waals surface area contributed by atoms with E-state index in [0.29, 0.717) is 12.1 Å². The standard InChI is InChI=1S/C11H21N3O/c1-9(2)13-11(6-12)7-14-4-5-15-8-10(14)3/h9-11,13H,4-5,7-8H2,1-3H3. The van der Waals surface area contributed by atoms with E-state index < -0.39 is 0 Å². The van der Waals surface area contributed by atoms with Crippen LogP contribution < -0.4 is 5.32 Å². The average Bonchev–Trinajstić information content (AvgIpc) is 2.19. The minimum Gasteiger partial charge on any atom is -0.379 e.